The number of rotatable bonds is 4. The average molecular weight is 268 g/mol. The van der Waals surface area contributed by atoms with Crippen LogP contribution in [0.4, 0.5) is 0 Å². The average Bonchev–Trinajstić information content (AvgIpc) is 2.89. The molecule has 3 aromatic rings. The lowest BCUT2D eigenvalue weighted by molar-refractivity contribution is 0.302. The number of fused-ring (bicyclic) bond motifs is 1. The minimum Gasteiger partial charge on any atom is -0.508 e. The molecule has 102 valence electrons. The Balaban J connectivity index is 1.79. The highest BCUT2D eigenvalue weighted by Crippen LogP contribution is 2.21. The molecule has 3 rings (SSSR count). The van der Waals surface area contributed by atoms with Crippen molar-refractivity contribution in [2.24, 2.45) is 5.73 Å². The summed E-state index contributed by atoms with van der Waals surface area (Å²) in [6, 6.07) is 14.8. The van der Waals surface area contributed by atoms with E-state index < -0.39 is 0 Å². The number of nitrogens with one attached hydrogen (secondary N) is 1. The number of aromatic nitrogens is 1. The van der Waals surface area contributed by atoms with Crippen LogP contribution >= 0.6 is 0 Å². The summed E-state index contributed by atoms with van der Waals surface area (Å²) in [5.74, 6) is 0.955. The van der Waals surface area contributed by atoms with E-state index >= 15 is 0 Å². The van der Waals surface area contributed by atoms with Gasteiger partial charge >= 0.3 is 0 Å². The maximum absolute atomic E-state index is 9.22. The van der Waals surface area contributed by atoms with Crippen molar-refractivity contribution >= 4 is 10.9 Å². The maximum atomic E-state index is 9.22. The topological polar surface area (TPSA) is 71.3 Å². The summed E-state index contributed by atoms with van der Waals surface area (Å²) < 4.78 is 5.68. The summed E-state index contributed by atoms with van der Waals surface area (Å²) in [7, 11) is 0. The summed E-state index contributed by atoms with van der Waals surface area (Å²) >= 11 is 0. The number of phenols is 1. The maximum Gasteiger partial charge on any atom is 0.128 e. The van der Waals surface area contributed by atoms with Crippen LogP contribution in [0.15, 0.2) is 48.5 Å². The molecular weight excluding hydrogens is 252 g/mol. The van der Waals surface area contributed by atoms with Crippen LogP contribution in [0.25, 0.3) is 10.9 Å². The Morgan fingerprint density at radius 2 is 1.90 bits per heavy atom. The number of hydrogen-bond acceptors (Lipinski definition) is 3. The predicted octanol–water partition coefficient (Wildman–Crippen LogP) is 2.91. The predicted molar refractivity (Wildman–Crippen MR) is 78.6 cm³/mol. The highest BCUT2D eigenvalue weighted by Gasteiger charge is 2.05. The molecule has 4 heteroatoms. The SMILES string of the molecule is NCc1cccc2[nH]c(COc3ccc(O)cc3)cc12. The third-order valence-electron chi connectivity index (χ3n) is 3.26. The number of aromatic hydroxyl groups is 1. The normalized spacial score (nSPS) is 10.8. The summed E-state index contributed by atoms with van der Waals surface area (Å²) in [6.45, 7) is 0.969. The van der Waals surface area contributed by atoms with Gasteiger partial charge in [0.05, 0.1) is 5.69 Å². The Labute approximate surface area is 116 Å². The van der Waals surface area contributed by atoms with Crippen molar-refractivity contribution in [3.8, 4) is 11.5 Å². The second-order valence-corrected chi connectivity index (χ2v) is 4.66. The monoisotopic (exact) mass is 268 g/mol. The molecule has 4 nitrogen and oxygen atoms in total. The fourth-order valence-corrected chi connectivity index (χ4v) is 2.23. The molecule has 20 heavy (non-hydrogen) atoms. The third kappa shape index (κ3) is 2.46. The molecule has 0 amide bonds. The van der Waals surface area contributed by atoms with E-state index in [0.29, 0.717) is 13.2 Å². The first-order chi connectivity index (χ1) is 9.76. The zero-order chi connectivity index (χ0) is 13.9. The van der Waals surface area contributed by atoms with Crippen molar-refractivity contribution in [3.63, 3.8) is 0 Å². The van der Waals surface area contributed by atoms with Gasteiger partial charge < -0.3 is 20.6 Å². The van der Waals surface area contributed by atoms with Gasteiger partial charge in [0.2, 0.25) is 0 Å². The number of ether oxygens (including phenoxy) is 1. The zero-order valence-corrected chi connectivity index (χ0v) is 11.0. The van der Waals surface area contributed by atoms with Crippen molar-refractivity contribution < 1.29 is 9.84 Å². The highest BCUT2D eigenvalue weighted by atomic mass is 16.5. The van der Waals surface area contributed by atoms with Crippen molar-refractivity contribution in [1.29, 1.82) is 0 Å². The quantitative estimate of drug-likeness (QED) is 0.681. The summed E-state index contributed by atoms with van der Waals surface area (Å²) in [5.41, 5.74) is 8.92. The number of H-pyrrole nitrogens is 1. The van der Waals surface area contributed by atoms with Crippen LogP contribution in [0.1, 0.15) is 11.3 Å². The summed E-state index contributed by atoms with van der Waals surface area (Å²) in [5, 5.41) is 10.4. The zero-order valence-electron chi connectivity index (χ0n) is 11.0. The summed E-state index contributed by atoms with van der Waals surface area (Å²) in [6.07, 6.45) is 0. The third-order valence-corrected chi connectivity index (χ3v) is 3.26. The van der Waals surface area contributed by atoms with E-state index in [1.54, 1.807) is 24.3 Å². The van der Waals surface area contributed by atoms with Crippen LogP contribution in [-0.4, -0.2) is 10.1 Å². The first kappa shape index (κ1) is 12.6. The van der Waals surface area contributed by atoms with Crippen molar-refractivity contribution in [2.45, 2.75) is 13.2 Å². The minimum atomic E-state index is 0.232. The smallest absolute Gasteiger partial charge is 0.128 e. The van der Waals surface area contributed by atoms with Crippen LogP contribution in [0, 0.1) is 0 Å². The van der Waals surface area contributed by atoms with E-state index in [4.69, 9.17) is 10.5 Å². The Kier molecular flexibility index (Phi) is 3.31. The summed E-state index contributed by atoms with van der Waals surface area (Å²) in [4.78, 5) is 3.32. The van der Waals surface area contributed by atoms with Gasteiger partial charge in [-0.2, -0.15) is 0 Å². The Morgan fingerprint density at radius 3 is 2.65 bits per heavy atom. The van der Waals surface area contributed by atoms with E-state index in [1.807, 2.05) is 18.2 Å². The molecule has 2 aromatic carbocycles. The van der Waals surface area contributed by atoms with Crippen molar-refractivity contribution in [2.75, 3.05) is 0 Å². The van der Waals surface area contributed by atoms with Gasteiger partial charge in [-0.25, -0.2) is 0 Å². The second-order valence-electron chi connectivity index (χ2n) is 4.66. The van der Waals surface area contributed by atoms with E-state index in [-0.39, 0.29) is 5.75 Å². The molecule has 0 spiro atoms. The van der Waals surface area contributed by atoms with Gasteiger partial charge in [0, 0.05) is 17.4 Å². The van der Waals surface area contributed by atoms with Gasteiger partial charge in [0.25, 0.3) is 0 Å². The van der Waals surface area contributed by atoms with Crippen molar-refractivity contribution in [3.05, 3.63) is 59.8 Å². The van der Waals surface area contributed by atoms with Crippen LogP contribution in [0.2, 0.25) is 0 Å². The van der Waals surface area contributed by atoms with Gasteiger partial charge in [-0.15, -0.1) is 0 Å². The molecule has 0 saturated carbocycles. The van der Waals surface area contributed by atoms with Gasteiger partial charge in [-0.05, 0) is 42.0 Å². The molecule has 0 aliphatic carbocycles. The molecular formula is C16H16N2O2. The lowest BCUT2D eigenvalue weighted by Gasteiger charge is -2.04. The lowest BCUT2D eigenvalue weighted by Crippen LogP contribution is -1.95. The van der Waals surface area contributed by atoms with Gasteiger partial charge in [-0.3, -0.25) is 0 Å². The van der Waals surface area contributed by atoms with E-state index in [9.17, 15) is 5.11 Å². The molecule has 0 fully saturated rings. The van der Waals surface area contributed by atoms with Crippen LogP contribution in [-0.2, 0) is 13.2 Å². The van der Waals surface area contributed by atoms with Gasteiger partial charge in [0.1, 0.15) is 18.1 Å². The molecule has 0 unspecified atom stereocenters. The number of nitrogens with two attached hydrogens (primary N) is 1. The number of benzene rings is 2. The van der Waals surface area contributed by atoms with E-state index in [1.165, 1.54) is 0 Å². The molecule has 0 aliphatic heterocycles. The van der Waals surface area contributed by atoms with E-state index in [0.717, 1.165) is 27.9 Å². The standard InChI is InChI=1S/C16H16N2O2/c17-9-11-2-1-3-16-15(11)8-12(18-16)10-20-14-6-4-13(19)5-7-14/h1-8,18-19H,9-10,17H2. The van der Waals surface area contributed by atoms with Crippen LogP contribution in [0.3, 0.4) is 0 Å². The molecule has 4 N–H and O–H groups in total. The fraction of sp³-hybridized carbons (Fsp3) is 0.125. The molecule has 0 atom stereocenters. The first-order valence-corrected chi connectivity index (χ1v) is 6.47. The molecule has 0 saturated heterocycles. The number of aromatic amines is 1. The fourth-order valence-electron chi connectivity index (χ4n) is 2.23. The molecule has 0 radical (unpaired) electrons. The Bertz CT molecular complexity index is 717. The minimum absolute atomic E-state index is 0.232. The Hall–Kier alpha value is -2.46. The molecule has 1 heterocycles. The molecule has 0 bridgehead atoms. The second kappa shape index (κ2) is 5.27. The molecule has 0 aliphatic rings. The lowest BCUT2D eigenvalue weighted by atomic mass is 10.1. The number of hydrogen-bond donors (Lipinski definition) is 3. The van der Waals surface area contributed by atoms with Crippen LogP contribution in [0.5, 0.6) is 11.5 Å². The largest absolute Gasteiger partial charge is 0.508 e. The van der Waals surface area contributed by atoms with Gasteiger partial charge in [-0.1, -0.05) is 12.1 Å². The number of phenolic OH excluding ortho intramolecular Hbond substituents is 1. The first-order valence-electron chi connectivity index (χ1n) is 6.47. The highest BCUT2D eigenvalue weighted by molar-refractivity contribution is 5.83. The van der Waals surface area contributed by atoms with Crippen LogP contribution < -0.4 is 10.5 Å². The Morgan fingerprint density at radius 1 is 1.10 bits per heavy atom. The van der Waals surface area contributed by atoms with Gasteiger partial charge in [0.15, 0.2) is 0 Å². The molecule has 1 aromatic heterocycles. The van der Waals surface area contributed by atoms with Crippen molar-refractivity contribution in [1.82, 2.24) is 4.98 Å². The van der Waals surface area contributed by atoms with E-state index in [2.05, 4.69) is 11.1 Å².